The van der Waals surface area contributed by atoms with Crippen molar-refractivity contribution in [3.8, 4) is 0 Å². The minimum atomic E-state index is -0.188. The molecule has 4 heteroatoms. The molecule has 4 rings (SSSR count). The van der Waals surface area contributed by atoms with Crippen molar-refractivity contribution in [3.63, 3.8) is 0 Å². The van der Waals surface area contributed by atoms with E-state index in [9.17, 15) is 9.59 Å². The first-order valence-corrected chi connectivity index (χ1v) is 8.81. The first kappa shape index (κ1) is 15.2. The molecule has 1 fully saturated rings. The number of anilines is 1. The number of hydrogen-bond donors (Lipinski definition) is 1. The molecule has 0 atom stereocenters. The van der Waals surface area contributed by atoms with Crippen LogP contribution in [0.1, 0.15) is 76.6 Å². The molecule has 1 heterocycles. The van der Waals surface area contributed by atoms with Crippen molar-refractivity contribution >= 4 is 17.5 Å². The third-order valence-electron chi connectivity index (χ3n) is 5.15. The summed E-state index contributed by atoms with van der Waals surface area (Å²) in [5.74, 6) is 0.529. The van der Waals surface area contributed by atoms with Gasteiger partial charge in [-0.25, -0.2) is 0 Å². The number of carbonyl (C=O) groups excluding carboxylic acids is 2. The van der Waals surface area contributed by atoms with Gasteiger partial charge in [0.1, 0.15) is 0 Å². The van der Waals surface area contributed by atoms with Gasteiger partial charge in [-0.15, -0.1) is 0 Å². The molecule has 24 heavy (non-hydrogen) atoms. The molecule has 0 spiro atoms. The van der Waals surface area contributed by atoms with Crippen molar-refractivity contribution in [1.82, 2.24) is 0 Å². The number of carbonyl (C=O) groups is 2. The van der Waals surface area contributed by atoms with Crippen molar-refractivity contribution in [3.05, 3.63) is 52.3 Å². The maximum Gasteiger partial charge on any atom is 0.229 e. The van der Waals surface area contributed by atoms with E-state index in [1.807, 2.05) is 6.92 Å². The summed E-state index contributed by atoms with van der Waals surface area (Å²) in [4.78, 5) is 25.7. The Balaban J connectivity index is 1.77. The largest absolute Gasteiger partial charge is 0.436 e. The molecule has 1 N–H and O–H groups in total. The van der Waals surface area contributed by atoms with Crippen LogP contribution in [-0.2, 0) is 6.42 Å². The third kappa shape index (κ3) is 2.29. The van der Waals surface area contributed by atoms with Crippen molar-refractivity contribution in [2.45, 2.75) is 51.5 Å². The fourth-order valence-corrected chi connectivity index (χ4v) is 3.89. The fraction of sp³-hybridized carbons (Fsp3) is 0.400. The van der Waals surface area contributed by atoms with E-state index in [0.29, 0.717) is 35.0 Å². The summed E-state index contributed by atoms with van der Waals surface area (Å²) in [5, 5.41) is 3.45. The Bertz CT molecular complexity index is 812. The quantitative estimate of drug-likeness (QED) is 0.778. The van der Waals surface area contributed by atoms with Crippen molar-refractivity contribution in [2.24, 2.45) is 0 Å². The van der Waals surface area contributed by atoms with Gasteiger partial charge in [-0.2, -0.15) is 0 Å². The number of fused-ring (bicyclic) bond motifs is 2. The summed E-state index contributed by atoms with van der Waals surface area (Å²) in [5.41, 5.74) is 2.22. The second-order valence-corrected chi connectivity index (χ2v) is 6.65. The molecule has 0 aliphatic heterocycles. The topological polar surface area (TPSA) is 59.3 Å². The molecule has 1 aromatic heterocycles. The lowest BCUT2D eigenvalue weighted by Gasteiger charge is -2.23. The highest BCUT2D eigenvalue weighted by atomic mass is 16.4. The smallest absolute Gasteiger partial charge is 0.229 e. The van der Waals surface area contributed by atoms with Gasteiger partial charge in [0.2, 0.25) is 5.78 Å². The van der Waals surface area contributed by atoms with E-state index < -0.39 is 0 Å². The molecule has 0 radical (unpaired) electrons. The Hall–Kier alpha value is -2.36. The number of furan rings is 1. The van der Waals surface area contributed by atoms with Crippen molar-refractivity contribution in [2.75, 3.05) is 5.32 Å². The van der Waals surface area contributed by atoms with Gasteiger partial charge >= 0.3 is 0 Å². The van der Waals surface area contributed by atoms with Crippen molar-refractivity contribution < 1.29 is 14.0 Å². The average molecular weight is 323 g/mol. The first-order chi connectivity index (χ1) is 11.7. The van der Waals surface area contributed by atoms with E-state index in [-0.39, 0.29) is 17.3 Å². The SMILES string of the molecule is CCc1c(NC2CCCCC2)oc2c1C(=O)c1ccccc1C2=O. The predicted molar refractivity (Wildman–Crippen MR) is 91.9 cm³/mol. The van der Waals surface area contributed by atoms with Gasteiger partial charge in [-0.1, -0.05) is 50.5 Å². The summed E-state index contributed by atoms with van der Waals surface area (Å²) >= 11 is 0. The Kier molecular flexibility index (Phi) is 3.75. The van der Waals surface area contributed by atoms with Gasteiger partial charge in [0.15, 0.2) is 17.4 Å². The monoisotopic (exact) mass is 323 g/mol. The zero-order valence-corrected chi connectivity index (χ0v) is 13.9. The normalized spacial score (nSPS) is 17.5. The predicted octanol–water partition coefficient (Wildman–Crippen LogP) is 4.36. The lowest BCUT2D eigenvalue weighted by molar-refractivity contribution is 0.0960. The molecule has 0 amide bonds. The van der Waals surface area contributed by atoms with E-state index in [4.69, 9.17) is 4.42 Å². The number of nitrogens with one attached hydrogen (secondary N) is 1. The maximum absolute atomic E-state index is 12.9. The van der Waals surface area contributed by atoms with E-state index in [1.54, 1.807) is 24.3 Å². The third-order valence-corrected chi connectivity index (χ3v) is 5.15. The standard InChI is InChI=1S/C20H21NO3/c1-2-13-16-17(22)14-10-6-7-11-15(14)18(23)19(16)24-20(13)21-12-8-4-3-5-9-12/h6-7,10-12,21H,2-5,8-9H2,1H3. The molecule has 1 saturated carbocycles. The van der Waals surface area contributed by atoms with Crippen LogP contribution in [-0.4, -0.2) is 17.6 Å². The van der Waals surface area contributed by atoms with Crippen LogP contribution in [0.4, 0.5) is 5.88 Å². The van der Waals surface area contributed by atoms with Gasteiger partial charge in [-0.05, 0) is 19.3 Å². The highest BCUT2D eigenvalue weighted by Crippen LogP contribution is 2.37. The Morgan fingerprint density at radius 3 is 2.38 bits per heavy atom. The van der Waals surface area contributed by atoms with Crippen LogP contribution in [0.3, 0.4) is 0 Å². The summed E-state index contributed by atoms with van der Waals surface area (Å²) in [6.45, 7) is 2.00. The van der Waals surface area contributed by atoms with Crippen LogP contribution in [0.25, 0.3) is 0 Å². The van der Waals surface area contributed by atoms with Gasteiger partial charge in [0.05, 0.1) is 5.56 Å². The summed E-state index contributed by atoms with van der Waals surface area (Å²) in [6.07, 6.45) is 6.58. The molecule has 0 saturated heterocycles. The number of hydrogen-bond acceptors (Lipinski definition) is 4. The molecule has 4 nitrogen and oxygen atoms in total. The Morgan fingerprint density at radius 2 is 1.71 bits per heavy atom. The molecule has 0 bridgehead atoms. The molecular formula is C20H21NO3. The van der Waals surface area contributed by atoms with E-state index in [0.717, 1.165) is 18.4 Å². The van der Waals surface area contributed by atoms with Crippen LogP contribution in [0, 0.1) is 0 Å². The fourth-order valence-electron chi connectivity index (χ4n) is 3.89. The zero-order chi connectivity index (χ0) is 16.7. The number of benzene rings is 1. The highest BCUT2D eigenvalue weighted by molar-refractivity contribution is 6.28. The van der Waals surface area contributed by atoms with E-state index >= 15 is 0 Å². The Morgan fingerprint density at radius 1 is 1.04 bits per heavy atom. The lowest BCUT2D eigenvalue weighted by atomic mass is 9.86. The molecule has 124 valence electrons. The lowest BCUT2D eigenvalue weighted by Crippen LogP contribution is -2.22. The van der Waals surface area contributed by atoms with Crippen molar-refractivity contribution in [1.29, 1.82) is 0 Å². The zero-order valence-electron chi connectivity index (χ0n) is 13.9. The van der Waals surface area contributed by atoms with Gasteiger partial charge < -0.3 is 9.73 Å². The summed E-state index contributed by atoms with van der Waals surface area (Å²) in [6, 6.07) is 7.35. The van der Waals surface area contributed by atoms with Gasteiger partial charge in [0, 0.05) is 22.7 Å². The maximum atomic E-state index is 12.9. The van der Waals surface area contributed by atoms with Crippen LogP contribution < -0.4 is 5.32 Å². The van der Waals surface area contributed by atoms with Gasteiger partial charge in [-0.3, -0.25) is 9.59 Å². The van der Waals surface area contributed by atoms with E-state index in [2.05, 4.69) is 5.32 Å². The second-order valence-electron chi connectivity index (χ2n) is 6.65. The number of ketones is 2. The molecule has 1 aromatic carbocycles. The summed E-state index contributed by atoms with van der Waals surface area (Å²) in [7, 11) is 0. The second kappa shape index (κ2) is 5.93. The molecule has 2 aliphatic rings. The Labute approximate surface area is 141 Å². The average Bonchev–Trinajstić information content (AvgIpc) is 2.99. The van der Waals surface area contributed by atoms with Crippen LogP contribution in [0.2, 0.25) is 0 Å². The van der Waals surface area contributed by atoms with E-state index in [1.165, 1.54) is 19.3 Å². The first-order valence-electron chi connectivity index (χ1n) is 8.81. The summed E-state index contributed by atoms with van der Waals surface area (Å²) < 4.78 is 5.89. The molecule has 0 unspecified atom stereocenters. The minimum Gasteiger partial charge on any atom is -0.436 e. The molecule has 2 aromatic rings. The van der Waals surface area contributed by atoms with Crippen LogP contribution >= 0.6 is 0 Å². The minimum absolute atomic E-state index is 0.0995. The van der Waals surface area contributed by atoms with Gasteiger partial charge in [0.25, 0.3) is 0 Å². The number of rotatable bonds is 3. The molecular weight excluding hydrogens is 302 g/mol. The molecule has 2 aliphatic carbocycles. The highest BCUT2D eigenvalue weighted by Gasteiger charge is 2.36. The van der Waals surface area contributed by atoms with Crippen LogP contribution in [0.5, 0.6) is 0 Å². The van der Waals surface area contributed by atoms with Crippen LogP contribution in [0.15, 0.2) is 28.7 Å².